The van der Waals surface area contributed by atoms with E-state index in [1.807, 2.05) is 42.6 Å². The van der Waals surface area contributed by atoms with Crippen molar-refractivity contribution in [2.45, 2.75) is 19.3 Å². The number of benzene rings is 1. The van der Waals surface area contributed by atoms with Gasteiger partial charge in [-0.1, -0.05) is 36.4 Å². The van der Waals surface area contributed by atoms with E-state index < -0.39 is 0 Å². The Morgan fingerprint density at radius 1 is 0.762 bits per heavy atom. The predicted octanol–water partition coefficient (Wildman–Crippen LogP) is 3.69. The van der Waals surface area contributed by atoms with E-state index in [-0.39, 0.29) is 0 Å². The van der Waals surface area contributed by atoms with Crippen LogP contribution < -0.4 is 0 Å². The molecule has 102 valence electrons. The molecule has 4 rings (SSSR count). The average molecular weight is 273 g/mol. The van der Waals surface area contributed by atoms with Crippen LogP contribution in [0.2, 0.25) is 0 Å². The molecule has 0 spiro atoms. The fraction of sp³-hybridized carbons (Fsp3) is 0.167. The van der Waals surface area contributed by atoms with Crippen molar-refractivity contribution in [3.63, 3.8) is 0 Å². The van der Waals surface area contributed by atoms with Crippen LogP contribution in [0.1, 0.15) is 17.7 Å². The minimum absolute atomic E-state index is 0.730. The van der Waals surface area contributed by atoms with Gasteiger partial charge in [-0.25, -0.2) is 15.0 Å². The molecule has 3 heteroatoms. The molecule has 0 atom stereocenters. The summed E-state index contributed by atoms with van der Waals surface area (Å²) in [5.74, 6) is 0.730. The standard InChI is InChI=1S/C18H15N3/c1-2-6-13(7-3-1)15-10-5-11-17(20-15)18-19-12-14-8-4-9-16(14)21-18/h1-3,5-7,10-12H,4,8-9H2. The molecule has 0 fully saturated rings. The maximum Gasteiger partial charge on any atom is 0.178 e. The number of fused-ring (bicyclic) bond motifs is 1. The number of hydrogen-bond acceptors (Lipinski definition) is 3. The number of aromatic nitrogens is 3. The first-order valence-corrected chi connectivity index (χ1v) is 7.28. The van der Waals surface area contributed by atoms with Gasteiger partial charge >= 0.3 is 0 Å². The molecule has 0 radical (unpaired) electrons. The lowest BCUT2D eigenvalue weighted by Gasteiger charge is -2.05. The minimum atomic E-state index is 0.730. The Morgan fingerprint density at radius 2 is 1.62 bits per heavy atom. The van der Waals surface area contributed by atoms with Gasteiger partial charge in [0.2, 0.25) is 0 Å². The van der Waals surface area contributed by atoms with Crippen molar-refractivity contribution in [3.8, 4) is 22.8 Å². The molecule has 2 aromatic heterocycles. The van der Waals surface area contributed by atoms with Crippen LogP contribution in [0.5, 0.6) is 0 Å². The smallest absolute Gasteiger partial charge is 0.178 e. The number of pyridine rings is 1. The number of aryl methyl sites for hydroxylation is 2. The molecule has 0 unspecified atom stereocenters. The molecule has 1 aliphatic carbocycles. The van der Waals surface area contributed by atoms with E-state index >= 15 is 0 Å². The van der Waals surface area contributed by atoms with Gasteiger partial charge in [0.25, 0.3) is 0 Å². The highest BCUT2D eigenvalue weighted by atomic mass is 14.9. The first kappa shape index (κ1) is 12.2. The summed E-state index contributed by atoms with van der Waals surface area (Å²) >= 11 is 0. The van der Waals surface area contributed by atoms with Gasteiger partial charge in [-0.15, -0.1) is 0 Å². The molecule has 3 nitrogen and oxygen atoms in total. The average Bonchev–Trinajstić information content (AvgIpc) is 3.03. The fourth-order valence-corrected chi connectivity index (χ4v) is 2.77. The molecule has 21 heavy (non-hydrogen) atoms. The van der Waals surface area contributed by atoms with E-state index in [4.69, 9.17) is 4.98 Å². The first-order chi connectivity index (χ1) is 10.4. The van der Waals surface area contributed by atoms with Crippen LogP contribution in [0.25, 0.3) is 22.8 Å². The summed E-state index contributed by atoms with van der Waals surface area (Å²) in [5, 5.41) is 0. The zero-order valence-corrected chi connectivity index (χ0v) is 11.7. The summed E-state index contributed by atoms with van der Waals surface area (Å²) in [6.45, 7) is 0. The van der Waals surface area contributed by atoms with Gasteiger partial charge in [0.05, 0.1) is 5.69 Å². The summed E-state index contributed by atoms with van der Waals surface area (Å²) < 4.78 is 0. The van der Waals surface area contributed by atoms with Gasteiger partial charge in [0.1, 0.15) is 5.69 Å². The second kappa shape index (κ2) is 5.09. The molecule has 0 amide bonds. The second-order valence-corrected chi connectivity index (χ2v) is 5.29. The molecular formula is C18H15N3. The van der Waals surface area contributed by atoms with Crippen molar-refractivity contribution in [3.05, 3.63) is 66.0 Å². The van der Waals surface area contributed by atoms with E-state index in [1.54, 1.807) is 0 Å². The van der Waals surface area contributed by atoms with Crippen molar-refractivity contribution < 1.29 is 0 Å². The van der Waals surface area contributed by atoms with Gasteiger partial charge < -0.3 is 0 Å². The number of hydrogen-bond donors (Lipinski definition) is 0. The van der Waals surface area contributed by atoms with Crippen LogP contribution in [0.15, 0.2) is 54.7 Å². The zero-order valence-electron chi connectivity index (χ0n) is 11.7. The molecule has 0 aliphatic heterocycles. The lowest BCUT2D eigenvalue weighted by atomic mass is 10.1. The van der Waals surface area contributed by atoms with Crippen molar-refractivity contribution in [2.75, 3.05) is 0 Å². The second-order valence-electron chi connectivity index (χ2n) is 5.29. The SMILES string of the molecule is c1ccc(-c2cccc(-c3ncc4c(n3)CCC4)n2)cc1. The predicted molar refractivity (Wildman–Crippen MR) is 82.7 cm³/mol. The van der Waals surface area contributed by atoms with E-state index in [2.05, 4.69) is 22.1 Å². The lowest BCUT2D eigenvalue weighted by Crippen LogP contribution is -1.97. The van der Waals surface area contributed by atoms with Gasteiger partial charge in [0.15, 0.2) is 5.82 Å². The third-order valence-corrected chi connectivity index (χ3v) is 3.86. The van der Waals surface area contributed by atoms with Crippen LogP contribution in [0, 0.1) is 0 Å². The molecule has 0 bridgehead atoms. The maximum atomic E-state index is 4.71. The Bertz CT molecular complexity index is 781. The normalized spacial score (nSPS) is 13.1. The highest BCUT2D eigenvalue weighted by Crippen LogP contribution is 2.24. The quantitative estimate of drug-likeness (QED) is 0.714. The molecule has 0 saturated carbocycles. The summed E-state index contributed by atoms with van der Waals surface area (Å²) in [7, 11) is 0. The monoisotopic (exact) mass is 273 g/mol. The third-order valence-electron chi connectivity index (χ3n) is 3.86. The van der Waals surface area contributed by atoms with Gasteiger partial charge in [0, 0.05) is 17.5 Å². The maximum absolute atomic E-state index is 4.71. The van der Waals surface area contributed by atoms with E-state index in [9.17, 15) is 0 Å². The van der Waals surface area contributed by atoms with Crippen molar-refractivity contribution >= 4 is 0 Å². The number of rotatable bonds is 2. The lowest BCUT2D eigenvalue weighted by molar-refractivity contribution is 0.899. The fourth-order valence-electron chi connectivity index (χ4n) is 2.77. The zero-order chi connectivity index (χ0) is 14.1. The Labute approximate surface area is 123 Å². The topological polar surface area (TPSA) is 38.7 Å². The molecule has 0 N–H and O–H groups in total. The summed E-state index contributed by atoms with van der Waals surface area (Å²) in [4.78, 5) is 13.9. The number of nitrogens with zero attached hydrogens (tertiary/aromatic N) is 3. The van der Waals surface area contributed by atoms with E-state index in [1.165, 1.54) is 17.7 Å². The van der Waals surface area contributed by atoms with Gasteiger partial charge in [-0.05, 0) is 37.0 Å². The summed E-state index contributed by atoms with van der Waals surface area (Å²) in [6, 6.07) is 16.2. The van der Waals surface area contributed by atoms with Crippen molar-refractivity contribution in [1.82, 2.24) is 15.0 Å². The third kappa shape index (κ3) is 2.31. The highest BCUT2D eigenvalue weighted by molar-refractivity contribution is 5.62. The van der Waals surface area contributed by atoms with Crippen LogP contribution in [-0.4, -0.2) is 15.0 Å². The molecular weight excluding hydrogens is 258 g/mol. The Balaban J connectivity index is 1.76. The van der Waals surface area contributed by atoms with Crippen LogP contribution in [0.3, 0.4) is 0 Å². The Kier molecular flexibility index (Phi) is 2.96. The molecule has 3 aromatic rings. The molecule has 0 saturated heterocycles. The van der Waals surface area contributed by atoms with Gasteiger partial charge in [-0.3, -0.25) is 0 Å². The van der Waals surface area contributed by atoms with Gasteiger partial charge in [-0.2, -0.15) is 0 Å². The Morgan fingerprint density at radius 3 is 2.52 bits per heavy atom. The largest absolute Gasteiger partial charge is 0.244 e. The first-order valence-electron chi connectivity index (χ1n) is 7.28. The highest BCUT2D eigenvalue weighted by Gasteiger charge is 2.14. The molecule has 1 aliphatic rings. The minimum Gasteiger partial charge on any atom is -0.244 e. The van der Waals surface area contributed by atoms with E-state index in [0.29, 0.717) is 0 Å². The van der Waals surface area contributed by atoms with Crippen molar-refractivity contribution in [1.29, 1.82) is 0 Å². The summed E-state index contributed by atoms with van der Waals surface area (Å²) in [5.41, 5.74) is 5.38. The van der Waals surface area contributed by atoms with E-state index in [0.717, 1.165) is 35.6 Å². The van der Waals surface area contributed by atoms with Crippen LogP contribution in [-0.2, 0) is 12.8 Å². The van der Waals surface area contributed by atoms with Crippen molar-refractivity contribution in [2.24, 2.45) is 0 Å². The van der Waals surface area contributed by atoms with Crippen LogP contribution in [0.4, 0.5) is 0 Å². The van der Waals surface area contributed by atoms with Crippen LogP contribution >= 0.6 is 0 Å². The molecule has 1 aromatic carbocycles. The Hall–Kier alpha value is -2.55. The molecule has 2 heterocycles. The summed E-state index contributed by atoms with van der Waals surface area (Å²) in [6.07, 6.45) is 5.31.